The molecule has 1 atom stereocenters. The molecule has 1 unspecified atom stereocenters. The van der Waals surface area contributed by atoms with Gasteiger partial charge in [0.05, 0.1) is 17.6 Å². The van der Waals surface area contributed by atoms with Crippen molar-refractivity contribution in [3.05, 3.63) is 0 Å². The van der Waals surface area contributed by atoms with Crippen LogP contribution in [0, 0.1) is 5.41 Å². The van der Waals surface area contributed by atoms with E-state index in [2.05, 4.69) is 17.6 Å². The Morgan fingerprint density at radius 1 is 1.33 bits per heavy atom. The lowest BCUT2D eigenvalue weighted by Gasteiger charge is -2.45. The van der Waals surface area contributed by atoms with Crippen LogP contribution in [0.25, 0.3) is 0 Å². The molecule has 4 nitrogen and oxygen atoms in total. The molecule has 2 fully saturated rings. The Bertz CT molecular complexity index is 283. The lowest BCUT2D eigenvalue weighted by molar-refractivity contribution is -0.136. The van der Waals surface area contributed by atoms with Crippen LogP contribution in [0.4, 0.5) is 0 Å². The fourth-order valence-corrected chi connectivity index (χ4v) is 3.27. The first kappa shape index (κ1) is 13.8. The van der Waals surface area contributed by atoms with Crippen LogP contribution < -0.4 is 10.6 Å². The third-order valence-electron chi connectivity index (χ3n) is 4.67. The number of amides is 1. The Labute approximate surface area is 110 Å². The van der Waals surface area contributed by atoms with E-state index < -0.39 is 0 Å². The fourth-order valence-electron chi connectivity index (χ4n) is 3.27. The van der Waals surface area contributed by atoms with Gasteiger partial charge >= 0.3 is 0 Å². The lowest BCUT2D eigenvalue weighted by atomic mass is 9.72. The minimum atomic E-state index is -0.310. The van der Waals surface area contributed by atoms with Gasteiger partial charge in [0, 0.05) is 6.54 Å². The lowest BCUT2D eigenvalue weighted by Crippen LogP contribution is -2.61. The first-order valence-corrected chi connectivity index (χ1v) is 7.31. The number of carbonyl (C=O) groups is 1. The van der Waals surface area contributed by atoms with E-state index >= 15 is 0 Å². The smallest absolute Gasteiger partial charge is 0.228 e. The van der Waals surface area contributed by atoms with Gasteiger partial charge in [0.2, 0.25) is 5.91 Å². The highest BCUT2D eigenvalue weighted by molar-refractivity contribution is 5.84. The molecule has 0 radical (unpaired) electrons. The Morgan fingerprint density at radius 3 is 2.56 bits per heavy atom. The van der Waals surface area contributed by atoms with E-state index in [1.807, 2.05) is 0 Å². The zero-order valence-electron chi connectivity index (χ0n) is 11.4. The third-order valence-corrected chi connectivity index (χ3v) is 4.67. The maximum absolute atomic E-state index is 12.6. The Kier molecular flexibility index (Phi) is 4.28. The summed E-state index contributed by atoms with van der Waals surface area (Å²) >= 11 is 0. The molecule has 4 heteroatoms. The first-order chi connectivity index (χ1) is 8.66. The minimum absolute atomic E-state index is 0.0778. The van der Waals surface area contributed by atoms with E-state index in [-0.39, 0.29) is 23.5 Å². The normalized spacial score (nSPS) is 30.6. The molecule has 1 amide bonds. The number of hydrogen-bond acceptors (Lipinski definition) is 3. The second-order valence-electron chi connectivity index (χ2n) is 6.06. The number of carbonyl (C=O) groups excluding carboxylic acids is 1. The van der Waals surface area contributed by atoms with Crippen molar-refractivity contribution in [1.29, 1.82) is 0 Å². The van der Waals surface area contributed by atoms with Crippen LogP contribution in [0.2, 0.25) is 0 Å². The standard InChI is InChI=1S/C14H26N2O2/c1-2-5-13(6-4-9-15-10-13)12(18)16-14(11-17)7-3-8-14/h15,17H,2-11H2,1H3,(H,16,18). The van der Waals surface area contributed by atoms with Gasteiger partial charge in [0.15, 0.2) is 0 Å². The number of aliphatic hydroxyl groups is 1. The van der Waals surface area contributed by atoms with Gasteiger partial charge in [-0.1, -0.05) is 13.3 Å². The number of nitrogens with one attached hydrogen (secondary N) is 2. The van der Waals surface area contributed by atoms with Crippen LogP contribution in [0.1, 0.15) is 51.9 Å². The van der Waals surface area contributed by atoms with Gasteiger partial charge in [-0.15, -0.1) is 0 Å². The molecule has 2 aliphatic rings. The molecule has 1 heterocycles. The number of hydrogen-bond donors (Lipinski definition) is 3. The summed E-state index contributed by atoms with van der Waals surface area (Å²) in [6, 6.07) is 0. The molecule has 104 valence electrons. The molecule has 0 bridgehead atoms. The van der Waals surface area contributed by atoms with Gasteiger partial charge in [0.25, 0.3) is 0 Å². The summed E-state index contributed by atoms with van der Waals surface area (Å²) in [5.74, 6) is 0.158. The third kappa shape index (κ3) is 2.54. The molecular formula is C14H26N2O2. The summed E-state index contributed by atoms with van der Waals surface area (Å²) in [5.41, 5.74) is -0.556. The molecule has 0 spiro atoms. The second kappa shape index (κ2) is 5.57. The van der Waals surface area contributed by atoms with Crippen LogP contribution in [0.5, 0.6) is 0 Å². The number of rotatable bonds is 5. The molecule has 2 rings (SSSR count). The van der Waals surface area contributed by atoms with Crippen molar-refractivity contribution in [3.63, 3.8) is 0 Å². The summed E-state index contributed by atoms with van der Waals surface area (Å²) in [4.78, 5) is 12.6. The molecule has 1 saturated carbocycles. The van der Waals surface area contributed by atoms with Crippen molar-refractivity contribution >= 4 is 5.91 Å². The Morgan fingerprint density at radius 2 is 2.11 bits per heavy atom. The quantitative estimate of drug-likeness (QED) is 0.690. The SMILES string of the molecule is CCCC1(C(=O)NC2(CO)CCC2)CCCNC1. The van der Waals surface area contributed by atoms with E-state index in [0.717, 1.165) is 58.0 Å². The van der Waals surface area contributed by atoms with E-state index in [1.165, 1.54) is 0 Å². The molecule has 0 aromatic rings. The van der Waals surface area contributed by atoms with Crippen molar-refractivity contribution in [3.8, 4) is 0 Å². The predicted molar refractivity (Wildman–Crippen MR) is 71.3 cm³/mol. The largest absolute Gasteiger partial charge is 0.394 e. The van der Waals surface area contributed by atoms with Crippen LogP contribution in [-0.4, -0.2) is 36.2 Å². The van der Waals surface area contributed by atoms with Gasteiger partial charge in [-0.2, -0.15) is 0 Å². The summed E-state index contributed by atoms with van der Waals surface area (Å²) in [5, 5.41) is 16.0. The van der Waals surface area contributed by atoms with Gasteiger partial charge in [-0.05, 0) is 45.1 Å². The maximum Gasteiger partial charge on any atom is 0.228 e. The Balaban J connectivity index is 2.03. The van der Waals surface area contributed by atoms with Gasteiger partial charge in [0.1, 0.15) is 0 Å². The minimum Gasteiger partial charge on any atom is -0.394 e. The molecule has 0 aromatic heterocycles. The van der Waals surface area contributed by atoms with E-state index in [1.54, 1.807) is 0 Å². The van der Waals surface area contributed by atoms with Crippen LogP contribution in [0.15, 0.2) is 0 Å². The maximum atomic E-state index is 12.6. The van der Waals surface area contributed by atoms with Gasteiger partial charge < -0.3 is 15.7 Å². The topological polar surface area (TPSA) is 61.4 Å². The van der Waals surface area contributed by atoms with Crippen molar-refractivity contribution in [1.82, 2.24) is 10.6 Å². The zero-order valence-corrected chi connectivity index (χ0v) is 11.4. The van der Waals surface area contributed by atoms with Crippen LogP contribution >= 0.6 is 0 Å². The van der Waals surface area contributed by atoms with Crippen LogP contribution in [0.3, 0.4) is 0 Å². The van der Waals surface area contributed by atoms with Gasteiger partial charge in [-0.25, -0.2) is 0 Å². The second-order valence-corrected chi connectivity index (χ2v) is 6.06. The summed E-state index contributed by atoms with van der Waals surface area (Å²) in [6.07, 6.45) is 6.96. The number of piperidine rings is 1. The highest BCUT2D eigenvalue weighted by Gasteiger charge is 2.44. The molecule has 1 aliphatic carbocycles. The highest BCUT2D eigenvalue weighted by atomic mass is 16.3. The first-order valence-electron chi connectivity index (χ1n) is 7.31. The average molecular weight is 254 g/mol. The number of aliphatic hydroxyl groups excluding tert-OH is 1. The summed E-state index contributed by atoms with van der Waals surface area (Å²) < 4.78 is 0. The molecule has 1 aliphatic heterocycles. The average Bonchev–Trinajstić information content (AvgIpc) is 2.35. The molecule has 18 heavy (non-hydrogen) atoms. The van der Waals surface area contributed by atoms with E-state index in [0.29, 0.717) is 0 Å². The molecular weight excluding hydrogens is 228 g/mol. The summed E-state index contributed by atoms with van der Waals surface area (Å²) in [7, 11) is 0. The van der Waals surface area contributed by atoms with Gasteiger partial charge in [-0.3, -0.25) is 4.79 Å². The van der Waals surface area contributed by atoms with Crippen molar-refractivity contribution in [2.45, 2.75) is 57.4 Å². The Hall–Kier alpha value is -0.610. The zero-order chi connectivity index (χ0) is 13.1. The highest BCUT2D eigenvalue weighted by Crippen LogP contribution is 2.36. The van der Waals surface area contributed by atoms with E-state index in [9.17, 15) is 9.90 Å². The monoisotopic (exact) mass is 254 g/mol. The van der Waals surface area contributed by atoms with Crippen molar-refractivity contribution in [2.75, 3.05) is 19.7 Å². The van der Waals surface area contributed by atoms with Crippen molar-refractivity contribution in [2.24, 2.45) is 5.41 Å². The van der Waals surface area contributed by atoms with Crippen molar-refractivity contribution < 1.29 is 9.90 Å². The van der Waals surface area contributed by atoms with E-state index in [4.69, 9.17) is 0 Å². The predicted octanol–water partition coefficient (Wildman–Crippen LogP) is 1.19. The molecule has 0 aromatic carbocycles. The fraction of sp³-hybridized carbons (Fsp3) is 0.929. The van der Waals surface area contributed by atoms with Crippen LogP contribution in [-0.2, 0) is 4.79 Å². The molecule has 1 saturated heterocycles. The summed E-state index contributed by atoms with van der Waals surface area (Å²) in [6.45, 7) is 4.02. The molecule has 3 N–H and O–H groups in total.